The number of halogens is 1. The van der Waals surface area contributed by atoms with Crippen molar-refractivity contribution in [2.45, 2.75) is 19.4 Å². The second-order valence-corrected chi connectivity index (χ2v) is 5.40. The first-order valence-electron chi connectivity index (χ1n) is 7.53. The van der Waals surface area contributed by atoms with Gasteiger partial charge in [-0.05, 0) is 31.0 Å². The SMILES string of the molecule is O=C(NCc1ccccc1F)c1ccc[nH+]c1N1CCCC1. The third kappa shape index (κ3) is 3.08. The molecule has 1 saturated heterocycles. The number of rotatable bonds is 4. The summed E-state index contributed by atoms with van der Waals surface area (Å²) >= 11 is 0. The van der Waals surface area contributed by atoms with E-state index in [0.717, 1.165) is 31.7 Å². The zero-order valence-corrected chi connectivity index (χ0v) is 12.3. The predicted octanol–water partition coefficient (Wildman–Crippen LogP) is 2.17. The molecule has 1 amide bonds. The molecule has 0 aliphatic carbocycles. The predicted molar refractivity (Wildman–Crippen MR) is 82.0 cm³/mol. The highest BCUT2D eigenvalue weighted by Crippen LogP contribution is 2.19. The molecule has 1 aromatic carbocycles. The highest BCUT2D eigenvalue weighted by Gasteiger charge is 2.26. The average Bonchev–Trinajstić information content (AvgIpc) is 3.08. The van der Waals surface area contributed by atoms with Gasteiger partial charge >= 0.3 is 0 Å². The van der Waals surface area contributed by atoms with Gasteiger partial charge in [-0.3, -0.25) is 9.69 Å². The van der Waals surface area contributed by atoms with Crippen LogP contribution in [0.5, 0.6) is 0 Å². The lowest BCUT2D eigenvalue weighted by atomic mass is 10.2. The zero-order chi connectivity index (χ0) is 15.4. The van der Waals surface area contributed by atoms with E-state index in [1.807, 2.05) is 6.20 Å². The molecule has 114 valence electrons. The molecule has 0 spiro atoms. The van der Waals surface area contributed by atoms with Crippen LogP contribution >= 0.6 is 0 Å². The summed E-state index contributed by atoms with van der Waals surface area (Å²) in [6.45, 7) is 2.09. The summed E-state index contributed by atoms with van der Waals surface area (Å²) in [5, 5.41) is 2.79. The molecule has 0 atom stereocenters. The van der Waals surface area contributed by atoms with Crippen LogP contribution < -0.4 is 15.2 Å². The molecule has 0 bridgehead atoms. The van der Waals surface area contributed by atoms with Gasteiger partial charge in [-0.15, -0.1) is 0 Å². The Labute approximate surface area is 129 Å². The number of carbonyl (C=O) groups is 1. The van der Waals surface area contributed by atoms with Gasteiger partial charge in [-0.2, -0.15) is 0 Å². The minimum Gasteiger partial charge on any atom is -0.348 e. The number of H-pyrrole nitrogens is 1. The fourth-order valence-corrected chi connectivity index (χ4v) is 2.73. The first-order valence-corrected chi connectivity index (χ1v) is 7.53. The van der Waals surface area contributed by atoms with Crippen LogP contribution in [0, 0.1) is 5.82 Å². The monoisotopic (exact) mass is 300 g/mol. The molecule has 3 rings (SSSR count). The van der Waals surface area contributed by atoms with E-state index in [2.05, 4.69) is 15.2 Å². The summed E-state index contributed by atoms with van der Waals surface area (Å²) < 4.78 is 13.6. The molecule has 0 radical (unpaired) electrons. The Hall–Kier alpha value is -2.43. The number of anilines is 1. The maximum atomic E-state index is 13.6. The normalized spacial score (nSPS) is 14.1. The number of aromatic nitrogens is 1. The first-order chi connectivity index (χ1) is 10.8. The number of nitrogens with one attached hydrogen (secondary N) is 2. The maximum absolute atomic E-state index is 13.6. The van der Waals surface area contributed by atoms with Crippen LogP contribution in [0.25, 0.3) is 0 Å². The smallest absolute Gasteiger partial charge is 0.287 e. The van der Waals surface area contributed by atoms with Crippen LogP contribution in [0.2, 0.25) is 0 Å². The molecule has 1 aromatic heterocycles. The Morgan fingerprint density at radius 2 is 1.95 bits per heavy atom. The fourth-order valence-electron chi connectivity index (χ4n) is 2.73. The molecule has 1 aliphatic rings. The third-order valence-electron chi connectivity index (χ3n) is 3.90. The fraction of sp³-hybridized carbons (Fsp3) is 0.294. The molecule has 5 heteroatoms. The van der Waals surface area contributed by atoms with Gasteiger partial charge in [0.2, 0.25) is 0 Å². The minimum absolute atomic E-state index is 0.180. The van der Waals surface area contributed by atoms with Crippen LogP contribution in [0.4, 0.5) is 10.2 Å². The third-order valence-corrected chi connectivity index (χ3v) is 3.90. The number of pyridine rings is 1. The summed E-state index contributed by atoms with van der Waals surface area (Å²) in [5.74, 6) is 0.343. The molecule has 0 saturated carbocycles. The lowest BCUT2D eigenvalue weighted by molar-refractivity contribution is -0.364. The van der Waals surface area contributed by atoms with Gasteiger partial charge in [0.05, 0.1) is 19.3 Å². The van der Waals surface area contributed by atoms with Crippen LogP contribution in [0.15, 0.2) is 42.6 Å². The number of hydrogen-bond acceptors (Lipinski definition) is 2. The molecule has 1 aliphatic heterocycles. The van der Waals surface area contributed by atoms with E-state index in [0.29, 0.717) is 11.1 Å². The van der Waals surface area contributed by atoms with E-state index in [1.165, 1.54) is 6.07 Å². The Morgan fingerprint density at radius 3 is 2.73 bits per heavy atom. The lowest BCUT2D eigenvalue weighted by Gasteiger charge is -2.12. The first kappa shape index (κ1) is 14.5. The number of carbonyl (C=O) groups excluding carboxylic acids is 1. The molecular formula is C17H19FN3O+. The molecular weight excluding hydrogens is 281 g/mol. The van der Waals surface area contributed by atoms with E-state index in [-0.39, 0.29) is 18.3 Å². The van der Waals surface area contributed by atoms with Crippen molar-refractivity contribution in [2.24, 2.45) is 0 Å². The van der Waals surface area contributed by atoms with Crippen LogP contribution in [0.3, 0.4) is 0 Å². The lowest BCUT2D eigenvalue weighted by Crippen LogP contribution is -2.32. The van der Waals surface area contributed by atoms with Crippen molar-refractivity contribution in [3.8, 4) is 0 Å². The molecule has 4 nitrogen and oxygen atoms in total. The van der Waals surface area contributed by atoms with Crippen LogP contribution in [-0.4, -0.2) is 19.0 Å². The number of amides is 1. The van der Waals surface area contributed by atoms with E-state index < -0.39 is 0 Å². The van der Waals surface area contributed by atoms with Crippen molar-refractivity contribution >= 4 is 11.7 Å². The number of benzene rings is 1. The van der Waals surface area contributed by atoms with Crippen LogP contribution in [-0.2, 0) is 6.54 Å². The van der Waals surface area contributed by atoms with Gasteiger partial charge in [0.1, 0.15) is 11.4 Å². The van der Waals surface area contributed by atoms with Crippen molar-refractivity contribution in [1.82, 2.24) is 5.32 Å². The van der Waals surface area contributed by atoms with Gasteiger partial charge < -0.3 is 5.32 Å². The van der Waals surface area contributed by atoms with Gasteiger partial charge in [-0.1, -0.05) is 18.2 Å². The standard InChI is InChI=1S/C17H18FN3O/c18-15-8-2-1-6-13(15)12-20-17(22)14-7-5-9-19-16(14)21-10-3-4-11-21/h1-2,5-9H,3-4,10-12H2,(H,20,22)/p+1. The van der Waals surface area contributed by atoms with E-state index in [9.17, 15) is 9.18 Å². The number of aromatic amines is 1. The summed E-state index contributed by atoms with van der Waals surface area (Å²) in [4.78, 5) is 17.8. The van der Waals surface area contributed by atoms with Crippen molar-refractivity contribution < 1.29 is 14.2 Å². The average molecular weight is 300 g/mol. The molecule has 2 aromatic rings. The second kappa shape index (κ2) is 6.56. The highest BCUT2D eigenvalue weighted by atomic mass is 19.1. The Morgan fingerprint density at radius 1 is 1.18 bits per heavy atom. The van der Waals surface area contributed by atoms with Crippen molar-refractivity contribution in [3.05, 3.63) is 59.5 Å². The second-order valence-electron chi connectivity index (χ2n) is 5.40. The zero-order valence-electron chi connectivity index (χ0n) is 12.3. The maximum Gasteiger partial charge on any atom is 0.287 e. The molecule has 2 N–H and O–H groups in total. The van der Waals surface area contributed by atoms with E-state index >= 15 is 0 Å². The van der Waals surface area contributed by atoms with Gasteiger partial charge in [-0.25, -0.2) is 9.37 Å². The minimum atomic E-state index is -0.304. The summed E-state index contributed by atoms with van der Waals surface area (Å²) in [6, 6.07) is 10.1. The quantitative estimate of drug-likeness (QED) is 0.940. The van der Waals surface area contributed by atoms with Gasteiger partial charge in [0, 0.05) is 12.1 Å². The largest absolute Gasteiger partial charge is 0.348 e. The van der Waals surface area contributed by atoms with Crippen molar-refractivity contribution in [2.75, 3.05) is 18.0 Å². The van der Waals surface area contributed by atoms with Gasteiger partial charge in [0.25, 0.3) is 11.7 Å². The topological polar surface area (TPSA) is 46.5 Å². The van der Waals surface area contributed by atoms with Crippen LogP contribution in [0.1, 0.15) is 28.8 Å². The molecule has 2 heterocycles. The van der Waals surface area contributed by atoms with E-state index in [1.54, 1.807) is 30.3 Å². The molecule has 0 unspecified atom stereocenters. The summed E-state index contributed by atoms with van der Waals surface area (Å²) in [7, 11) is 0. The Kier molecular flexibility index (Phi) is 4.32. The Balaban J connectivity index is 1.74. The Bertz CT molecular complexity index is 668. The van der Waals surface area contributed by atoms with Crippen molar-refractivity contribution in [3.63, 3.8) is 0 Å². The summed E-state index contributed by atoms with van der Waals surface area (Å²) in [6.07, 6.45) is 4.10. The number of hydrogen-bond donors (Lipinski definition) is 1. The van der Waals surface area contributed by atoms with E-state index in [4.69, 9.17) is 0 Å². The number of nitrogens with zero attached hydrogens (tertiary/aromatic N) is 1. The summed E-state index contributed by atoms with van der Waals surface area (Å²) in [5.41, 5.74) is 1.08. The molecule has 22 heavy (non-hydrogen) atoms. The van der Waals surface area contributed by atoms with Gasteiger partial charge in [0.15, 0.2) is 0 Å². The molecule has 1 fully saturated rings. The van der Waals surface area contributed by atoms with Crippen molar-refractivity contribution in [1.29, 1.82) is 0 Å². The highest BCUT2D eigenvalue weighted by molar-refractivity contribution is 5.98.